The van der Waals surface area contributed by atoms with E-state index < -0.39 is 0 Å². The molecular formula is C22H25N7O2. The van der Waals surface area contributed by atoms with Crippen LogP contribution in [-0.2, 0) is 0 Å². The standard InChI is InChI=1S/C22H25N7O2/c1-23-15-5-7-16(8-6-15)28-13-14-10-17(19(31-2)11-18(14)27-28)22(30)26-21-12-24-20-4-3-9-25-29(20)21/h3-4,9-13,15-16,23H,5-8H2,1-2H3,(H,26,30)/t15-,16+. The maximum atomic E-state index is 13.1. The Hall–Kier alpha value is -3.46. The Kier molecular flexibility index (Phi) is 5.03. The minimum absolute atomic E-state index is 0.284. The van der Waals surface area contributed by atoms with E-state index in [1.807, 2.05) is 36.1 Å². The third-order valence-corrected chi connectivity index (χ3v) is 6.09. The topological polar surface area (TPSA) is 98.4 Å². The fourth-order valence-corrected chi connectivity index (χ4v) is 4.33. The van der Waals surface area contributed by atoms with Crippen LogP contribution in [0.1, 0.15) is 42.1 Å². The molecule has 9 nitrogen and oxygen atoms in total. The molecule has 0 atom stereocenters. The van der Waals surface area contributed by atoms with Crippen LogP contribution in [-0.4, -0.2) is 50.5 Å². The van der Waals surface area contributed by atoms with E-state index in [1.54, 1.807) is 30.1 Å². The summed E-state index contributed by atoms with van der Waals surface area (Å²) in [7, 11) is 3.58. The molecular weight excluding hydrogens is 394 g/mol. The third kappa shape index (κ3) is 3.61. The van der Waals surface area contributed by atoms with Gasteiger partial charge in [-0.25, -0.2) is 4.98 Å². The molecule has 0 unspecified atom stereocenters. The third-order valence-electron chi connectivity index (χ3n) is 6.09. The molecule has 3 aromatic heterocycles. The smallest absolute Gasteiger partial charge is 0.260 e. The minimum Gasteiger partial charge on any atom is -0.496 e. The van der Waals surface area contributed by atoms with Crippen molar-refractivity contribution in [2.45, 2.75) is 37.8 Å². The summed E-state index contributed by atoms with van der Waals surface area (Å²) in [4.78, 5) is 17.3. The quantitative estimate of drug-likeness (QED) is 0.516. The summed E-state index contributed by atoms with van der Waals surface area (Å²) < 4.78 is 9.14. The molecule has 1 aliphatic rings. The van der Waals surface area contributed by atoms with Gasteiger partial charge in [-0.05, 0) is 50.9 Å². The van der Waals surface area contributed by atoms with Crippen molar-refractivity contribution >= 4 is 28.3 Å². The lowest BCUT2D eigenvalue weighted by Crippen LogP contribution is -2.31. The molecule has 0 saturated heterocycles. The number of aromatic nitrogens is 5. The summed E-state index contributed by atoms with van der Waals surface area (Å²) >= 11 is 0. The molecule has 4 aromatic rings. The van der Waals surface area contributed by atoms with Crippen LogP contribution in [0.3, 0.4) is 0 Å². The van der Waals surface area contributed by atoms with Crippen LogP contribution in [0.5, 0.6) is 5.75 Å². The average Bonchev–Trinajstić information content (AvgIpc) is 3.42. The number of amides is 1. The van der Waals surface area contributed by atoms with Crippen LogP contribution in [0.2, 0.25) is 0 Å². The van der Waals surface area contributed by atoms with Gasteiger partial charge in [-0.3, -0.25) is 9.48 Å². The van der Waals surface area contributed by atoms with Gasteiger partial charge in [0.05, 0.1) is 30.4 Å². The van der Waals surface area contributed by atoms with E-state index in [0.29, 0.717) is 34.9 Å². The number of anilines is 1. The fourth-order valence-electron chi connectivity index (χ4n) is 4.33. The van der Waals surface area contributed by atoms with E-state index in [4.69, 9.17) is 9.84 Å². The summed E-state index contributed by atoms with van der Waals surface area (Å²) in [6.07, 6.45) is 9.73. The maximum Gasteiger partial charge on any atom is 0.260 e. The second-order valence-electron chi connectivity index (χ2n) is 7.91. The maximum absolute atomic E-state index is 13.1. The van der Waals surface area contributed by atoms with Crippen molar-refractivity contribution in [2.75, 3.05) is 19.5 Å². The normalized spacial score (nSPS) is 19.0. The first-order chi connectivity index (χ1) is 15.2. The molecule has 5 rings (SSSR count). The average molecular weight is 419 g/mol. The zero-order chi connectivity index (χ0) is 21.4. The molecule has 0 radical (unpaired) electrons. The summed E-state index contributed by atoms with van der Waals surface area (Å²) in [6, 6.07) is 8.26. The highest BCUT2D eigenvalue weighted by molar-refractivity contribution is 6.08. The molecule has 0 bridgehead atoms. The predicted octanol–water partition coefficient (Wildman–Crippen LogP) is 3.04. The number of carbonyl (C=O) groups excluding carboxylic acids is 1. The van der Waals surface area contributed by atoms with Crippen molar-refractivity contribution in [2.24, 2.45) is 0 Å². The largest absolute Gasteiger partial charge is 0.496 e. The Balaban J connectivity index is 1.43. The monoisotopic (exact) mass is 419 g/mol. The molecule has 1 aliphatic carbocycles. The molecule has 1 aromatic carbocycles. The number of nitrogens with one attached hydrogen (secondary N) is 2. The van der Waals surface area contributed by atoms with Gasteiger partial charge in [-0.1, -0.05) is 0 Å². The Labute approximate surface area is 179 Å². The van der Waals surface area contributed by atoms with Crippen molar-refractivity contribution in [3.63, 3.8) is 0 Å². The highest BCUT2D eigenvalue weighted by atomic mass is 16.5. The van der Waals surface area contributed by atoms with Gasteiger partial charge in [0, 0.05) is 29.9 Å². The van der Waals surface area contributed by atoms with E-state index in [0.717, 1.165) is 36.6 Å². The molecule has 3 heterocycles. The number of benzene rings is 1. The Bertz CT molecular complexity index is 1240. The van der Waals surface area contributed by atoms with E-state index in [1.165, 1.54) is 0 Å². The van der Waals surface area contributed by atoms with E-state index in [2.05, 4.69) is 20.7 Å². The number of carbonyl (C=O) groups is 1. The SMILES string of the molecule is CN[C@H]1CC[C@@H](n2cc3cc(C(=O)Nc4cnc5cccnn45)c(OC)cc3n2)CC1. The highest BCUT2D eigenvalue weighted by Gasteiger charge is 2.23. The van der Waals surface area contributed by atoms with E-state index >= 15 is 0 Å². The molecule has 31 heavy (non-hydrogen) atoms. The molecule has 0 aliphatic heterocycles. The molecule has 1 fully saturated rings. The fraction of sp³-hybridized carbons (Fsp3) is 0.364. The number of nitrogens with zero attached hydrogens (tertiary/aromatic N) is 5. The zero-order valence-corrected chi connectivity index (χ0v) is 17.6. The minimum atomic E-state index is -0.284. The van der Waals surface area contributed by atoms with Crippen molar-refractivity contribution in [3.05, 3.63) is 48.4 Å². The lowest BCUT2D eigenvalue weighted by Gasteiger charge is -2.28. The second-order valence-corrected chi connectivity index (χ2v) is 7.91. The van der Waals surface area contributed by atoms with Gasteiger partial charge in [-0.2, -0.15) is 14.7 Å². The summed E-state index contributed by atoms with van der Waals surface area (Å²) in [5.41, 5.74) is 1.93. The van der Waals surface area contributed by atoms with Gasteiger partial charge < -0.3 is 15.4 Å². The lowest BCUT2D eigenvalue weighted by molar-refractivity contribution is 0.102. The molecule has 2 N–H and O–H groups in total. The van der Waals surface area contributed by atoms with Crippen molar-refractivity contribution < 1.29 is 9.53 Å². The number of hydrogen-bond donors (Lipinski definition) is 2. The van der Waals surface area contributed by atoms with E-state index in [9.17, 15) is 4.79 Å². The Morgan fingerprint density at radius 1 is 1.23 bits per heavy atom. The van der Waals surface area contributed by atoms with Gasteiger partial charge >= 0.3 is 0 Å². The summed E-state index contributed by atoms with van der Waals surface area (Å²) in [5.74, 6) is 0.698. The van der Waals surface area contributed by atoms with Crippen molar-refractivity contribution in [1.29, 1.82) is 0 Å². The first-order valence-corrected chi connectivity index (χ1v) is 10.5. The molecule has 1 saturated carbocycles. The van der Waals surface area contributed by atoms with Crippen LogP contribution in [0.15, 0.2) is 42.9 Å². The van der Waals surface area contributed by atoms with E-state index in [-0.39, 0.29) is 5.91 Å². The summed E-state index contributed by atoms with van der Waals surface area (Å²) in [5, 5.41) is 16.2. The van der Waals surface area contributed by atoms with Gasteiger partial charge in [0.25, 0.3) is 5.91 Å². The first-order valence-electron chi connectivity index (χ1n) is 10.5. The molecule has 9 heteroatoms. The highest BCUT2D eigenvalue weighted by Crippen LogP contribution is 2.31. The predicted molar refractivity (Wildman–Crippen MR) is 118 cm³/mol. The van der Waals surface area contributed by atoms with Crippen LogP contribution in [0, 0.1) is 0 Å². The molecule has 1 amide bonds. The lowest BCUT2D eigenvalue weighted by atomic mass is 9.91. The van der Waals surface area contributed by atoms with Gasteiger partial charge in [0.1, 0.15) is 5.75 Å². The van der Waals surface area contributed by atoms with Crippen molar-refractivity contribution in [1.82, 2.24) is 29.7 Å². The number of ether oxygens (including phenoxy) is 1. The molecule has 160 valence electrons. The van der Waals surface area contributed by atoms with Crippen LogP contribution < -0.4 is 15.4 Å². The first kappa shape index (κ1) is 19.5. The van der Waals surface area contributed by atoms with Crippen LogP contribution in [0.25, 0.3) is 16.6 Å². The van der Waals surface area contributed by atoms with Crippen LogP contribution >= 0.6 is 0 Å². The Morgan fingerprint density at radius 3 is 2.84 bits per heavy atom. The summed E-state index contributed by atoms with van der Waals surface area (Å²) in [6.45, 7) is 0. The van der Waals surface area contributed by atoms with Gasteiger partial charge in [-0.15, -0.1) is 0 Å². The number of methoxy groups -OCH3 is 1. The van der Waals surface area contributed by atoms with Gasteiger partial charge in [0.2, 0.25) is 0 Å². The van der Waals surface area contributed by atoms with Gasteiger partial charge in [0.15, 0.2) is 11.5 Å². The van der Waals surface area contributed by atoms with Crippen LogP contribution in [0.4, 0.5) is 5.82 Å². The number of fused-ring (bicyclic) bond motifs is 2. The number of hydrogen-bond acceptors (Lipinski definition) is 6. The Morgan fingerprint density at radius 2 is 2.06 bits per heavy atom. The van der Waals surface area contributed by atoms with Crippen molar-refractivity contribution in [3.8, 4) is 5.75 Å². The zero-order valence-electron chi connectivity index (χ0n) is 17.6. The second kappa shape index (κ2) is 7.99. The number of rotatable bonds is 5. The number of imidazole rings is 1. The molecule has 0 spiro atoms.